The summed E-state index contributed by atoms with van der Waals surface area (Å²) in [5.41, 5.74) is 0.147. The highest BCUT2D eigenvalue weighted by Gasteiger charge is 2.47. The Balaban J connectivity index is 1.76. The molecule has 1 aromatic rings. The summed E-state index contributed by atoms with van der Waals surface area (Å²) in [7, 11) is 1.60. The lowest BCUT2D eigenvalue weighted by Gasteiger charge is -2.06. The Kier molecular flexibility index (Phi) is 5.27. The molecule has 21 heavy (non-hydrogen) atoms. The Morgan fingerprint density at radius 1 is 1.29 bits per heavy atom. The van der Waals surface area contributed by atoms with Gasteiger partial charge in [0.05, 0.1) is 17.5 Å². The van der Waals surface area contributed by atoms with Crippen LogP contribution in [0.5, 0.6) is 0 Å². The number of rotatable bonds is 7. The number of benzene rings is 1. The van der Waals surface area contributed by atoms with Gasteiger partial charge in [0, 0.05) is 20.3 Å². The average Bonchev–Trinajstić information content (AvgIpc) is 3.26. The molecule has 1 aliphatic rings. The molecule has 5 nitrogen and oxygen atoms in total. The maximum absolute atomic E-state index is 13.4. The lowest BCUT2D eigenvalue weighted by atomic mass is 10.2. The first-order chi connectivity index (χ1) is 10.1. The third kappa shape index (κ3) is 4.26. The molecule has 2 unspecified atom stereocenters. The fraction of sp³-hybridized carbons (Fsp3) is 0.467. The Labute approximate surface area is 122 Å². The van der Waals surface area contributed by atoms with Crippen LogP contribution >= 0.6 is 0 Å². The molecule has 1 fully saturated rings. The molecule has 1 aliphatic carbocycles. The first kappa shape index (κ1) is 15.4. The van der Waals surface area contributed by atoms with Crippen molar-refractivity contribution in [1.82, 2.24) is 5.32 Å². The fourth-order valence-electron chi connectivity index (χ4n) is 2.12. The zero-order valence-corrected chi connectivity index (χ0v) is 11.9. The SMILES string of the molecule is COCCCNC(=O)C1CC1C(=O)Nc1ccccc1F. The molecule has 0 saturated heterocycles. The molecule has 2 N–H and O–H groups in total. The van der Waals surface area contributed by atoms with Gasteiger partial charge >= 0.3 is 0 Å². The van der Waals surface area contributed by atoms with E-state index in [9.17, 15) is 14.0 Å². The summed E-state index contributed by atoms with van der Waals surface area (Å²) in [6.45, 7) is 1.12. The highest BCUT2D eigenvalue weighted by molar-refractivity contribution is 5.99. The van der Waals surface area contributed by atoms with E-state index in [-0.39, 0.29) is 29.3 Å². The molecule has 2 rings (SSSR count). The Morgan fingerprint density at radius 3 is 2.71 bits per heavy atom. The second kappa shape index (κ2) is 7.17. The van der Waals surface area contributed by atoms with Crippen molar-refractivity contribution < 1.29 is 18.7 Å². The van der Waals surface area contributed by atoms with Crippen LogP contribution in [0.25, 0.3) is 0 Å². The molecular weight excluding hydrogens is 275 g/mol. The maximum atomic E-state index is 13.4. The number of nitrogens with one attached hydrogen (secondary N) is 2. The van der Waals surface area contributed by atoms with E-state index in [1.54, 1.807) is 19.2 Å². The first-order valence-corrected chi connectivity index (χ1v) is 6.95. The summed E-state index contributed by atoms with van der Waals surface area (Å²) in [6, 6.07) is 5.97. The zero-order valence-electron chi connectivity index (χ0n) is 11.9. The predicted molar refractivity (Wildman–Crippen MR) is 76.1 cm³/mol. The van der Waals surface area contributed by atoms with Crippen LogP contribution in [0.4, 0.5) is 10.1 Å². The Bertz CT molecular complexity index is 521. The van der Waals surface area contributed by atoms with E-state index in [4.69, 9.17) is 4.74 Å². The summed E-state index contributed by atoms with van der Waals surface area (Å²) in [6.07, 6.45) is 1.25. The monoisotopic (exact) mass is 294 g/mol. The van der Waals surface area contributed by atoms with Crippen LogP contribution in [0, 0.1) is 17.7 Å². The van der Waals surface area contributed by atoms with E-state index in [1.165, 1.54) is 12.1 Å². The number of hydrogen-bond donors (Lipinski definition) is 2. The maximum Gasteiger partial charge on any atom is 0.228 e. The number of carbonyl (C=O) groups excluding carboxylic acids is 2. The van der Waals surface area contributed by atoms with Gasteiger partial charge in [-0.25, -0.2) is 4.39 Å². The van der Waals surface area contributed by atoms with Gasteiger partial charge in [0.25, 0.3) is 0 Å². The molecular formula is C15H19FN2O3. The van der Waals surface area contributed by atoms with Gasteiger partial charge in [-0.1, -0.05) is 12.1 Å². The molecule has 2 atom stereocenters. The number of carbonyl (C=O) groups is 2. The first-order valence-electron chi connectivity index (χ1n) is 6.95. The van der Waals surface area contributed by atoms with Crippen LogP contribution in [0.15, 0.2) is 24.3 Å². The summed E-state index contributed by atoms with van der Waals surface area (Å²) in [4.78, 5) is 23.7. The lowest BCUT2D eigenvalue weighted by molar-refractivity contribution is -0.125. The van der Waals surface area contributed by atoms with Crippen molar-refractivity contribution in [3.8, 4) is 0 Å². The minimum absolute atomic E-state index is 0.125. The van der Waals surface area contributed by atoms with Crippen LogP contribution in [-0.4, -0.2) is 32.1 Å². The summed E-state index contributed by atoms with van der Waals surface area (Å²) in [5, 5.41) is 5.29. The minimum Gasteiger partial charge on any atom is -0.385 e. The van der Waals surface area contributed by atoms with Crippen molar-refractivity contribution in [2.45, 2.75) is 12.8 Å². The number of ether oxygens (including phenoxy) is 1. The van der Waals surface area contributed by atoms with E-state index in [0.717, 1.165) is 6.42 Å². The topological polar surface area (TPSA) is 67.4 Å². The van der Waals surface area contributed by atoms with Gasteiger partial charge in [0.2, 0.25) is 11.8 Å². The molecule has 114 valence electrons. The summed E-state index contributed by atoms with van der Waals surface area (Å²) >= 11 is 0. The molecule has 0 spiro atoms. The number of para-hydroxylation sites is 1. The fourth-order valence-corrected chi connectivity index (χ4v) is 2.12. The molecule has 0 aliphatic heterocycles. The molecule has 0 aromatic heterocycles. The second-order valence-corrected chi connectivity index (χ2v) is 5.06. The molecule has 0 heterocycles. The number of halogens is 1. The van der Waals surface area contributed by atoms with Crippen LogP contribution in [0.3, 0.4) is 0 Å². The number of amides is 2. The van der Waals surface area contributed by atoms with Crippen LogP contribution < -0.4 is 10.6 Å². The number of methoxy groups -OCH3 is 1. The van der Waals surface area contributed by atoms with Crippen molar-refractivity contribution in [2.24, 2.45) is 11.8 Å². The van der Waals surface area contributed by atoms with Crippen LogP contribution in [-0.2, 0) is 14.3 Å². The quantitative estimate of drug-likeness (QED) is 0.750. The van der Waals surface area contributed by atoms with Gasteiger partial charge in [0.1, 0.15) is 5.82 Å². The third-order valence-electron chi connectivity index (χ3n) is 3.42. The van der Waals surface area contributed by atoms with Gasteiger partial charge in [-0.05, 0) is 25.0 Å². The van der Waals surface area contributed by atoms with Crippen molar-refractivity contribution in [2.75, 3.05) is 25.6 Å². The van der Waals surface area contributed by atoms with Crippen molar-refractivity contribution in [1.29, 1.82) is 0 Å². The largest absolute Gasteiger partial charge is 0.385 e. The van der Waals surface area contributed by atoms with Crippen molar-refractivity contribution in [3.63, 3.8) is 0 Å². The van der Waals surface area contributed by atoms with Crippen LogP contribution in [0.1, 0.15) is 12.8 Å². The van der Waals surface area contributed by atoms with Crippen molar-refractivity contribution >= 4 is 17.5 Å². The normalized spacial score (nSPS) is 19.9. The lowest BCUT2D eigenvalue weighted by Crippen LogP contribution is -2.28. The van der Waals surface area contributed by atoms with Gasteiger partial charge < -0.3 is 15.4 Å². The third-order valence-corrected chi connectivity index (χ3v) is 3.42. The number of hydrogen-bond acceptors (Lipinski definition) is 3. The standard InChI is InChI=1S/C15H19FN2O3/c1-21-8-4-7-17-14(19)10-9-11(10)15(20)18-13-6-3-2-5-12(13)16/h2-3,5-6,10-11H,4,7-9H2,1H3,(H,17,19)(H,18,20). The van der Waals surface area contributed by atoms with E-state index in [0.29, 0.717) is 19.6 Å². The molecule has 6 heteroatoms. The summed E-state index contributed by atoms with van der Waals surface area (Å²) in [5.74, 6) is -1.59. The summed E-state index contributed by atoms with van der Waals surface area (Å²) < 4.78 is 18.3. The van der Waals surface area contributed by atoms with Crippen molar-refractivity contribution in [3.05, 3.63) is 30.1 Å². The molecule has 2 amide bonds. The second-order valence-electron chi connectivity index (χ2n) is 5.06. The van der Waals surface area contributed by atoms with E-state index in [1.807, 2.05) is 0 Å². The predicted octanol–water partition coefficient (Wildman–Crippen LogP) is 1.55. The minimum atomic E-state index is -0.480. The van der Waals surface area contributed by atoms with E-state index < -0.39 is 5.82 Å². The Morgan fingerprint density at radius 2 is 2.00 bits per heavy atom. The van der Waals surface area contributed by atoms with Crippen LogP contribution in [0.2, 0.25) is 0 Å². The smallest absolute Gasteiger partial charge is 0.228 e. The highest BCUT2D eigenvalue weighted by atomic mass is 19.1. The van der Waals surface area contributed by atoms with E-state index >= 15 is 0 Å². The highest BCUT2D eigenvalue weighted by Crippen LogP contribution is 2.39. The van der Waals surface area contributed by atoms with E-state index in [2.05, 4.69) is 10.6 Å². The average molecular weight is 294 g/mol. The van der Waals surface area contributed by atoms with Gasteiger partial charge in [-0.3, -0.25) is 9.59 Å². The molecule has 1 saturated carbocycles. The zero-order chi connectivity index (χ0) is 15.2. The molecule has 0 bridgehead atoms. The van der Waals surface area contributed by atoms with Gasteiger partial charge in [-0.15, -0.1) is 0 Å². The number of anilines is 1. The molecule has 1 aromatic carbocycles. The van der Waals surface area contributed by atoms with Gasteiger partial charge in [0.15, 0.2) is 0 Å². The Hall–Kier alpha value is -1.95. The molecule has 0 radical (unpaired) electrons. The van der Waals surface area contributed by atoms with Gasteiger partial charge in [-0.2, -0.15) is 0 Å².